The third-order valence-electron chi connectivity index (χ3n) is 6.08. The number of nitrogens with zero attached hydrogens (tertiary/aromatic N) is 3. The highest BCUT2D eigenvalue weighted by molar-refractivity contribution is 5.92. The van der Waals surface area contributed by atoms with Gasteiger partial charge >= 0.3 is 5.97 Å². The Hall–Kier alpha value is -2.96. The van der Waals surface area contributed by atoms with Crippen molar-refractivity contribution in [2.24, 2.45) is 0 Å². The summed E-state index contributed by atoms with van der Waals surface area (Å²) in [5.74, 6) is -0.961. The number of carbonyl (C=O) groups excluding carboxylic acids is 1. The Bertz CT molecular complexity index is 1100. The third-order valence-corrected chi connectivity index (χ3v) is 6.08. The maximum atomic E-state index is 12.6. The Morgan fingerprint density at radius 3 is 2.66 bits per heavy atom. The standard InChI is InChI=1S/C22H26N4O3/c1-14-16(9-10-19(27)24-22(13-20(28)29)11-5-6-12-22)15(2)26-21(23-14)17-7-3-4-8-18(17)25-26/h3-4,7-8H,5-6,9-13H2,1-2H3,(H,24,27)(H,28,29). The Morgan fingerprint density at radius 2 is 1.93 bits per heavy atom. The second-order valence-corrected chi connectivity index (χ2v) is 8.12. The molecule has 2 heterocycles. The van der Waals surface area contributed by atoms with E-state index < -0.39 is 11.5 Å². The van der Waals surface area contributed by atoms with Gasteiger partial charge in [0.1, 0.15) is 0 Å². The van der Waals surface area contributed by atoms with Gasteiger partial charge in [0.25, 0.3) is 0 Å². The summed E-state index contributed by atoms with van der Waals surface area (Å²) in [5, 5.41) is 17.9. The van der Waals surface area contributed by atoms with Crippen molar-refractivity contribution in [3.05, 3.63) is 41.2 Å². The Morgan fingerprint density at radius 1 is 1.21 bits per heavy atom. The molecule has 0 radical (unpaired) electrons. The van der Waals surface area contributed by atoms with Crippen molar-refractivity contribution in [1.82, 2.24) is 19.9 Å². The highest BCUT2D eigenvalue weighted by atomic mass is 16.4. The molecule has 0 unspecified atom stereocenters. The van der Waals surface area contributed by atoms with Crippen LogP contribution in [0.25, 0.3) is 16.6 Å². The molecule has 7 heteroatoms. The molecule has 2 aromatic heterocycles. The summed E-state index contributed by atoms with van der Waals surface area (Å²) in [6, 6.07) is 7.92. The zero-order chi connectivity index (χ0) is 20.6. The molecule has 1 saturated carbocycles. The zero-order valence-corrected chi connectivity index (χ0v) is 16.9. The van der Waals surface area contributed by atoms with Gasteiger partial charge in [-0.2, -0.15) is 5.10 Å². The lowest BCUT2D eigenvalue weighted by Gasteiger charge is -2.28. The van der Waals surface area contributed by atoms with E-state index in [1.165, 1.54) is 0 Å². The lowest BCUT2D eigenvalue weighted by atomic mass is 9.92. The van der Waals surface area contributed by atoms with Gasteiger partial charge in [-0.15, -0.1) is 0 Å². The molecule has 0 saturated heterocycles. The average molecular weight is 394 g/mol. The van der Waals surface area contributed by atoms with Crippen molar-refractivity contribution in [2.75, 3.05) is 0 Å². The van der Waals surface area contributed by atoms with E-state index >= 15 is 0 Å². The van der Waals surface area contributed by atoms with Gasteiger partial charge in [0.05, 0.1) is 17.5 Å². The first-order valence-electron chi connectivity index (χ1n) is 10.1. The average Bonchev–Trinajstić information content (AvgIpc) is 3.26. The van der Waals surface area contributed by atoms with Crippen molar-refractivity contribution in [1.29, 1.82) is 0 Å². The van der Waals surface area contributed by atoms with E-state index in [1.54, 1.807) is 0 Å². The Kier molecular flexibility index (Phi) is 4.98. The predicted molar refractivity (Wildman–Crippen MR) is 110 cm³/mol. The van der Waals surface area contributed by atoms with Crippen LogP contribution in [0.4, 0.5) is 0 Å². The minimum atomic E-state index is -0.862. The van der Waals surface area contributed by atoms with Gasteiger partial charge in [-0.05, 0) is 50.8 Å². The van der Waals surface area contributed by atoms with Crippen LogP contribution >= 0.6 is 0 Å². The first-order chi connectivity index (χ1) is 13.9. The van der Waals surface area contributed by atoms with Gasteiger partial charge in [-0.3, -0.25) is 9.59 Å². The summed E-state index contributed by atoms with van der Waals surface area (Å²) in [6.45, 7) is 3.97. The number of aryl methyl sites for hydroxylation is 2. The lowest BCUT2D eigenvalue weighted by molar-refractivity contribution is -0.139. The van der Waals surface area contributed by atoms with Crippen LogP contribution in [0.2, 0.25) is 0 Å². The number of hydrogen-bond donors (Lipinski definition) is 2. The molecule has 29 heavy (non-hydrogen) atoms. The fourth-order valence-electron chi connectivity index (χ4n) is 4.62. The zero-order valence-electron chi connectivity index (χ0n) is 16.9. The molecule has 1 amide bonds. The highest BCUT2D eigenvalue weighted by Gasteiger charge is 2.37. The van der Waals surface area contributed by atoms with Crippen LogP contribution in [-0.4, -0.2) is 37.1 Å². The van der Waals surface area contributed by atoms with Crippen LogP contribution in [0.5, 0.6) is 0 Å². The van der Waals surface area contributed by atoms with Gasteiger partial charge in [0.2, 0.25) is 5.91 Å². The van der Waals surface area contributed by atoms with E-state index in [0.29, 0.717) is 12.8 Å². The van der Waals surface area contributed by atoms with Gasteiger partial charge < -0.3 is 10.4 Å². The number of carboxylic acids is 1. The SMILES string of the molecule is Cc1nc2c3ccccc3nn2c(C)c1CCC(=O)NC1(CC(=O)O)CCCC1. The van der Waals surface area contributed by atoms with Crippen molar-refractivity contribution >= 4 is 28.4 Å². The molecule has 7 nitrogen and oxygen atoms in total. The number of rotatable bonds is 6. The Labute approximate surface area is 169 Å². The van der Waals surface area contributed by atoms with E-state index in [9.17, 15) is 14.7 Å². The van der Waals surface area contributed by atoms with Crippen LogP contribution in [0, 0.1) is 13.8 Å². The number of amides is 1. The molecular formula is C22H26N4O3. The molecule has 4 rings (SSSR count). The molecule has 2 N–H and O–H groups in total. The normalized spacial score (nSPS) is 15.8. The van der Waals surface area contributed by atoms with Crippen LogP contribution in [0.3, 0.4) is 0 Å². The van der Waals surface area contributed by atoms with Crippen molar-refractivity contribution < 1.29 is 14.7 Å². The second-order valence-electron chi connectivity index (χ2n) is 8.12. The summed E-state index contributed by atoms with van der Waals surface area (Å²) < 4.78 is 1.85. The molecule has 1 fully saturated rings. The summed E-state index contributed by atoms with van der Waals surface area (Å²) >= 11 is 0. The first-order valence-corrected chi connectivity index (χ1v) is 10.1. The predicted octanol–water partition coefficient (Wildman–Crippen LogP) is 3.34. The number of hydrogen-bond acceptors (Lipinski definition) is 4. The fourth-order valence-corrected chi connectivity index (χ4v) is 4.62. The summed E-state index contributed by atoms with van der Waals surface area (Å²) in [4.78, 5) is 28.6. The maximum Gasteiger partial charge on any atom is 0.305 e. The lowest BCUT2D eigenvalue weighted by Crippen LogP contribution is -2.47. The van der Waals surface area contributed by atoms with Gasteiger partial charge in [-0.25, -0.2) is 9.50 Å². The van der Waals surface area contributed by atoms with E-state index in [4.69, 9.17) is 4.98 Å². The van der Waals surface area contributed by atoms with Gasteiger partial charge in [0.15, 0.2) is 5.65 Å². The van der Waals surface area contributed by atoms with Crippen molar-refractivity contribution in [3.63, 3.8) is 0 Å². The van der Waals surface area contributed by atoms with Crippen LogP contribution in [-0.2, 0) is 16.0 Å². The fraction of sp³-hybridized carbons (Fsp3) is 0.455. The van der Waals surface area contributed by atoms with Crippen LogP contribution in [0.1, 0.15) is 55.5 Å². The molecule has 0 bridgehead atoms. The second kappa shape index (κ2) is 7.46. The van der Waals surface area contributed by atoms with Crippen molar-refractivity contribution in [3.8, 4) is 0 Å². The summed E-state index contributed by atoms with van der Waals surface area (Å²) in [5.41, 5.74) is 4.03. The quantitative estimate of drug-likeness (QED) is 0.668. The van der Waals surface area contributed by atoms with E-state index in [0.717, 1.165) is 59.2 Å². The summed E-state index contributed by atoms with van der Waals surface area (Å²) in [6.07, 6.45) is 4.22. The number of fused-ring (bicyclic) bond motifs is 3. The minimum absolute atomic E-state index is 0.00974. The number of nitrogens with one attached hydrogen (secondary N) is 1. The first kappa shape index (κ1) is 19.4. The van der Waals surface area contributed by atoms with Crippen LogP contribution in [0.15, 0.2) is 24.3 Å². The monoisotopic (exact) mass is 394 g/mol. The smallest absolute Gasteiger partial charge is 0.305 e. The molecule has 1 aliphatic carbocycles. The molecule has 152 valence electrons. The molecule has 0 spiro atoms. The highest BCUT2D eigenvalue weighted by Crippen LogP contribution is 2.33. The van der Waals surface area contributed by atoms with E-state index in [1.807, 2.05) is 42.6 Å². The molecule has 1 aromatic carbocycles. The number of carbonyl (C=O) groups is 2. The number of aliphatic carboxylic acids is 1. The molecule has 0 aliphatic heterocycles. The summed E-state index contributed by atoms with van der Waals surface area (Å²) in [7, 11) is 0. The van der Waals surface area contributed by atoms with Crippen LogP contribution < -0.4 is 5.32 Å². The van der Waals surface area contributed by atoms with Crippen molar-refractivity contribution in [2.45, 2.75) is 64.3 Å². The number of carboxylic acid groups (broad SMARTS) is 1. The van der Waals surface area contributed by atoms with Gasteiger partial charge in [-0.1, -0.05) is 25.0 Å². The number of aromatic nitrogens is 3. The van der Waals surface area contributed by atoms with E-state index in [2.05, 4.69) is 10.4 Å². The van der Waals surface area contributed by atoms with E-state index in [-0.39, 0.29) is 12.3 Å². The topological polar surface area (TPSA) is 96.6 Å². The minimum Gasteiger partial charge on any atom is -0.481 e. The van der Waals surface area contributed by atoms with Gasteiger partial charge in [0, 0.05) is 23.2 Å². The molecule has 1 aliphatic rings. The maximum absolute atomic E-state index is 12.6. The third kappa shape index (κ3) is 3.69. The number of benzene rings is 1. The molecular weight excluding hydrogens is 368 g/mol. The molecule has 3 aromatic rings. The largest absolute Gasteiger partial charge is 0.481 e. The molecule has 0 atom stereocenters. The Balaban J connectivity index is 1.54.